The molecule has 0 aromatic heterocycles. The molecule has 0 heterocycles. The Bertz CT molecular complexity index is 534. The number of rotatable bonds is 4. The first-order chi connectivity index (χ1) is 9.11. The third kappa shape index (κ3) is 3.54. The molecule has 0 aliphatic rings. The minimum absolute atomic E-state index is 0.0509. The Kier molecular flexibility index (Phi) is 4.94. The molecule has 0 amide bonds. The Morgan fingerprint density at radius 1 is 1.05 bits per heavy atom. The van der Waals surface area contributed by atoms with E-state index in [1.165, 1.54) is 18.2 Å². The van der Waals surface area contributed by atoms with E-state index in [1.807, 2.05) is 0 Å². The van der Waals surface area contributed by atoms with Crippen LogP contribution >= 0.6 is 27.5 Å². The lowest BCUT2D eigenvalue weighted by molar-refractivity contribution is 0.598. The van der Waals surface area contributed by atoms with Crippen molar-refractivity contribution in [2.45, 2.75) is 12.3 Å². The van der Waals surface area contributed by atoms with Crippen molar-refractivity contribution in [1.82, 2.24) is 0 Å². The summed E-state index contributed by atoms with van der Waals surface area (Å²) in [7, 11) is 0. The van der Waals surface area contributed by atoms with E-state index in [0.717, 1.165) is 5.56 Å². The number of halogens is 4. The van der Waals surface area contributed by atoms with Gasteiger partial charge in [0.05, 0.1) is 0 Å². The summed E-state index contributed by atoms with van der Waals surface area (Å²) >= 11 is 9.45. The van der Waals surface area contributed by atoms with Crippen molar-refractivity contribution in [3.63, 3.8) is 0 Å². The number of hydrogen-bond acceptors (Lipinski definition) is 0. The first-order valence-electron chi connectivity index (χ1n) is 5.86. The molecule has 0 saturated heterocycles. The van der Waals surface area contributed by atoms with E-state index in [1.54, 1.807) is 24.3 Å². The summed E-state index contributed by atoms with van der Waals surface area (Å²) in [5.41, 5.74) is 1.45. The van der Waals surface area contributed by atoms with Gasteiger partial charge in [-0.05, 0) is 42.2 Å². The second-order valence-corrected chi connectivity index (χ2v) is 5.36. The number of alkyl halides is 1. The van der Waals surface area contributed by atoms with Gasteiger partial charge in [-0.1, -0.05) is 45.7 Å². The summed E-state index contributed by atoms with van der Waals surface area (Å²) in [6, 6.07) is 10.9. The van der Waals surface area contributed by atoms with Crippen LogP contribution in [0.1, 0.15) is 17.0 Å². The van der Waals surface area contributed by atoms with E-state index in [9.17, 15) is 8.78 Å². The second kappa shape index (κ2) is 6.49. The van der Waals surface area contributed by atoms with Crippen molar-refractivity contribution in [1.29, 1.82) is 0 Å². The minimum Gasteiger partial charge on any atom is -0.207 e. The Labute approximate surface area is 124 Å². The zero-order valence-electron chi connectivity index (χ0n) is 10.0. The Morgan fingerprint density at radius 3 is 2.32 bits per heavy atom. The van der Waals surface area contributed by atoms with Gasteiger partial charge in [-0.25, -0.2) is 8.78 Å². The van der Waals surface area contributed by atoms with Gasteiger partial charge >= 0.3 is 0 Å². The van der Waals surface area contributed by atoms with Crippen LogP contribution in [0.4, 0.5) is 8.78 Å². The van der Waals surface area contributed by atoms with Crippen molar-refractivity contribution in [2.24, 2.45) is 0 Å². The van der Waals surface area contributed by atoms with E-state index in [2.05, 4.69) is 15.9 Å². The highest BCUT2D eigenvalue weighted by molar-refractivity contribution is 9.09. The molecule has 19 heavy (non-hydrogen) atoms. The molecule has 2 rings (SSSR count). The Balaban J connectivity index is 2.26. The fourth-order valence-corrected chi connectivity index (χ4v) is 2.81. The minimum atomic E-state index is -0.305. The molecule has 0 bridgehead atoms. The van der Waals surface area contributed by atoms with Crippen molar-refractivity contribution in [2.75, 3.05) is 5.33 Å². The van der Waals surface area contributed by atoms with Crippen molar-refractivity contribution in [3.8, 4) is 0 Å². The lowest BCUT2D eigenvalue weighted by Gasteiger charge is -2.16. The highest BCUT2D eigenvalue weighted by Gasteiger charge is 2.16. The highest BCUT2D eigenvalue weighted by atomic mass is 79.9. The quantitative estimate of drug-likeness (QED) is 0.656. The van der Waals surface area contributed by atoms with Crippen molar-refractivity contribution < 1.29 is 8.78 Å². The van der Waals surface area contributed by atoms with Crippen LogP contribution in [0, 0.1) is 11.6 Å². The zero-order valence-corrected chi connectivity index (χ0v) is 12.4. The SMILES string of the molecule is Fc1ccc(C(CBr)Cc2c(F)cccc2Cl)cc1. The van der Waals surface area contributed by atoms with Crippen LogP contribution in [0.15, 0.2) is 42.5 Å². The first-order valence-corrected chi connectivity index (χ1v) is 7.36. The summed E-state index contributed by atoms with van der Waals surface area (Å²) in [6.45, 7) is 0. The van der Waals surface area contributed by atoms with Gasteiger partial charge in [0.15, 0.2) is 0 Å². The molecular weight excluding hydrogens is 334 g/mol. The van der Waals surface area contributed by atoms with Crippen LogP contribution < -0.4 is 0 Å². The lowest BCUT2D eigenvalue weighted by atomic mass is 9.93. The maximum absolute atomic E-state index is 13.8. The molecule has 0 aliphatic carbocycles. The molecule has 4 heteroatoms. The molecule has 100 valence electrons. The van der Waals surface area contributed by atoms with Gasteiger partial charge in [-0.3, -0.25) is 0 Å². The third-order valence-corrected chi connectivity index (χ3v) is 4.18. The largest absolute Gasteiger partial charge is 0.207 e. The van der Waals surface area contributed by atoms with E-state index in [4.69, 9.17) is 11.6 Å². The van der Waals surface area contributed by atoms with Crippen LogP contribution in [0.5, 0.6) is 0 Å². The summed E-state index contributed by atoms with van der Waals surface area (Å²) in [6.07, 6.45) is 0.475. The van der Waals surface area contributed by atoms with Crippen molar-refractivity contribution >= 4 is 27.5 Å². The molecule has 2 aromatic rings. The average Bonchev–Trinajstić information content (AvgIpc) is 2.40. The summed E-state index contributed by atoms with van der Waals surface area (Å²) in [5, 5.41) is 1.08. The van der Waals surface area contributed by atoms with Gasteiger partial charge in [0.2, 0.25) is 0 Å². The molecule has 0 saturated carbocycles. The standard InChI is InChI=1S/C15H12BrClF2/c16-9-11(10-4-6-12(18)7-5-10)8-13-14(17)2-1-3-15(13)19/h1-7,11H,8-9H2. The third-order valence-electron chi connectivity index (χ3n) is 3.04. The van der Waals surface area contributed by atoms with Gasteiger partial charge in [0.25, 0.3) is 0 Å². The Morgan fingerprint density at radius 2 is 1.74 bits per heavy atom. The molecule has 1 atom stereocenters. The van der Waals surface area contributed by atoms with E-state index < -0.39 is 0 Å². The van der Waals surface area contributed by atoms with Crippen LogP contribution in [-0.4, -0.2) is 5.33 Å². The predicted molar refractivity (Wildman–Crippen MR) is 78.0 cm³/mol. The molecule has 1 unspecified atom stereocenters. The fourth-order valence-electron chi connectivity index (χ4n) is 1.97. The number of benzene rings is 2. The molecule has 0 aliphatic heterocycles. The summed E-state index contributed by atoms with van der Waals surface area (Å²) in [5.74, 6) is -0.531. The maximum atomic E-state index is 13.8. The van der Waals surface area contributed by atoms with Gasteiger partial charge < -0.3 is 0 Å². The summed E-state index contributed by atoms with van der Waals surface area (Å²) < 4.78 is 26.7. The van der Waals surface area contributed by atoms with Gasteiger partial charge in [-0.15, -0.1) is 0 Å². The van der Waals surface area contributed by atoms with Crippen LogP contribution in [-0.2, 0) is 6.42 Å². The fraction of sp³-hybridized carbons (Fsp3) is 0.200. The van der Waals surface area contributed by atoms with Gasteiger partial charge in [0.1, 0.15) is 11.6 Å². The zero-order chi connectivity index (χ0) is 13.8. The predicted octanol–water partition coefficient (Wildman–Crippen LogP) is 5.34. The van der Waals surface area contributed by atoms with Crippen LogP contribution in [0.25, 0.3) is 0 Å². The average molecular weight is 346 g/mol. The first kappa shape index (κ1) is 14.5. The molecule has 2 aromatic carbocycles. The molecule has 0 spiro atoms. The van der Waals surface area contributed by atoms with Gasteiger partial charge in [0, 0.05) is 15.9 Å². The van der Waals surface area contributed by atoms with Crippen LogP contribution in [0.2, 0.25) is 5.02 Å². The maximum Gasteiger partial charge on any atom is 0.127 e. The highest BCUT2D eigenvalue weighted by Crippen LogP contribution is 2.28. The van der Waals surface area contributed by atoms with E-state index in [-0.39, 0.29) is 17.6 Å². The second-order valence-electron chi connectivity index (χ2n) is 4.31. The Hall–Kier alpha value is -0.930. The van der Waals surface area contributed by atoms with E-state index >= 15 is 0 Å². The molecule has 0 nitrogen and oxygen atoms in total. The lowest BCUT2D eigenvalue weighted by Crippen LogP contribution is -2.06. The van der Waals surface area contributed by atoms with Gasteiger partial charge in [-0.2, -0.15) is 0 Å². The molecule has 0 N–H and O–H groups in total. The van der Waals surface area contributed by atoms with E-state index in [0.29, 0.717) is 22.3 Å². The number of hydrogen-bond donors (Lipinski definition) is 0. The molecule has 0 radical (unpaired) electrons. The topological polar surface area (TPSA) is 0 Å². The molecular formula is C15H12BrClF2. The monoisotopic (exact) mass is 344 g/mol. The molecule has 0 fully saturated rings. The summed E-state index contributed by atoms with van der Waals surface area (Å²) in [4.78, 5) is 0. The van der Waals surface area contributed by atoms with Crippen molar-refractivity contribution in [3.05, 3.63) is 70.2 Å². The smallest absolute Gasteiger partial charge is 0.127 e. The van der Waals surface area contributed by atoms with Crippen LogP contribution in [0.3, 0.4) is 0 Å². The normalized spacial score (nSPS) is 12.4.